The Morgan fingerprint density at radius 1 is 1.50 bits per heavy atom. The van der Waals surface area contributed by atoms with Crippen molar-refractivity contribution >= 4 is 35.0 Å². The van der Waals surface area contributed by atoms with Crippen LogP contribution in [0.5, 0.6) is 0 Å². The van der Waals surface area contributed by atoms with Gasteiger partial charge in [0.05, 0.1) is 22.7 Å². The third kappa shape index (κ3) is 3.16. The molecule has 0 heterocycles. The number of aromatic carboxylic acids is 1. The van der Waals surface area contributed by atoms with Crippen LogP contribution in [0.4, 0.5) is 11.4 Å². The molecule has 1 rings (SSSR count). The molecule has 0 aromatic heterocycles. The van der Waals surface area contributed by atoms with Gasteiger partial charge in [-0.1, -0.05) is 0 Å². The monoisotopic (exact) mass is 240 g/mol. The maximum atomic E-state index is 11.3. The van der Waals surface area contributed by atoms with Crippen LogP contribution in [0.3, 0.4) is 0 Å². The minimum absolute atomic E-state index is 0.0913. The molecule has 0 aliphatic heterocycles. The summed E-state index contributed by atoms with van der Waals surface area (Å²) in [5.41, 5.74) is 6.39. The fourth-order valence-corrected chi connectivity index (χ4v) is 1.45. The van der Waals surface area contributed by atoms with E-state index in [0.29, 0.717) is 17.1 Å². The van der Waals surface area contributed by atoms with E-state index in [-0.39, 0.29) is 11.5 Å². The lowest BCUT2D eigenvalue weighted by atomic mass is 10.1. The van der Waals surface area contributed by atoms with Gasteiger partial charge in [-0.15, -0.1) is 0 Å². The fraction of sp³-hybridized carbons (Fsp3) is 0.200. The van der Waals surface area contributed by atoms with E-state index >= 15 is 0 Å². The molecule has 5 nitrogen and oxygen atoms in total. The van der Waals surface area contributed by atoms with Gasteiger partial charge in [0.25, 0.3) is 0 Å². The van der Waals surface area contributed by atoms with E-state index in [2.05, 4.69) is 5.32 Å². The Morgan fingerprint density at radius 2 is 2.19 bits per heavy atom. The molecule has 0 unspecified atom stereocenters. The number of nitrogens with one attached hydrogen (secondary N) is 1. The van der Waals surface area contributed by atoms with Crippen LogP contribution in [-0.4, -0.2) is 29.0 Å². The molecule has 4 N–H and O–H groups in total. The lowest BCUT2D eigenvalue weighted by Gasteiger charge is -2.08. The summed E-state index contributed by atoms with van der Waals surface area (Å²) in [7, 11) is 0. The Kier molecular flexibility index (Phi) is 4.19. The molecule has 1 aromatic rings. The average molecular weight is 240 g/mol. The van der Waals surface area contributed by atoms with E-state index in [9.17, 15) is 9.59 Å². The van der Waals surface area contributed by atoms with Gasteiger partial charge in [-0.25, -0.2) is 4.79 Å². The molecular weight excluding hydrogens is 228 g/mol. The van der Waals surface area contributed by atoms with Gasteiger partial charge < -0.3 is 16.2 Å². The van der Waals surface area contributed by atoms with Crippen molar-refractivity contribution < 1.29 is 14.7 Å². The van der Waals surface area contributed by atoms with Crippen molar-refractivity contribution in [3.63, 3.8) is 0 Å². The number of anilines is 2. The summed E-state index contributed by atoms with van der Waals surface area (Å²) >= 11 is 1.38. The molecule has 0 aliphatic rings. The highest BCUT2D eigenvalue weighted by Crippen LogP contribution is 2.20. The topological polar surface area (TPSA) is 92.4 Å². The van der Waals surface area contributed by atoms with E-state index in [4.69, 9.17) is 10.8 Å². The Morgan fingerprint density at radius 3 is 2.75 bits per heavy atom. The van der Waals surface area contributed by atoms with Gasteiger partial charge in [-0.05, 0) is 24.5 Å². The number of carboxylic acid groups (broad SMARTS) is 1. The third-order valence-corrected chi connectivity index (χ3v) is 2.40. The number of nitrogen functional groups attached to an aromatic ring is 1. The summed E-state index contributed by atoms with van der Waals surface area (Å²) < 4.78 is 0. The zero-order valence-electron chi connectivity index (χ0n) is 8.69. The molecular formula is C10H12N2O3S. The second-order valence-electron chi connectivity index (χ2n) is 3.09. The van der Waals surface area contributed by atoms with Crippen LogP contribution >= 0.6 is 11.8 Å². The molecule has 1 amide bonds. The highest BCUT2D eigenvalue weighted by atomic mass is 32.2. The fourth-order valence-electron chi connectivity index (χ4n) is 1.11. The number of benzene rings is 1. The summed E-state index contributed by atoms with van der Waals surface area (Å²) in [4.78, 5) is 22.0. The molecule has 0 bridgehead atoms. The molecule has 0 fully saturated rings. The Hall–Kier alpha value is -1.69. The van der Waals surface area contributed by atoms with E-state index in [1.807, 2.05) is 0 Å². The van der Waals surface area contributed by atoms with Crippen molar-refractivity contribution in [2.24, 2.45) is 0 Å². The maximum Gasteiger partial charge on any atom is 0.335 e. The smallest absolute Gasteiger partial charge is 0.335 e. The molecule has 1 aromatic carbocycles. The second-order valence-corrected chi connectivity index (χ2v) is 3.95. The molecule has 0 saturated carbocycles. The quantitative estimate of drug-likeness (QED) is 0.689. The summed E-state index contributed by atoms with van der Waals surface area (Å²) in [6.07, 6.45) is 1.80. The maximum absolute atomic E-state index is 11.3. The number of thioether (sulfide) groups is 1. The summed E-state index contributed by atoms with van der Waals surface area (Å²) in [6.45, 7) is 0. The number of carbonyl (C=O) groups is 2. The summed E-state index contributed by atoms with van der Waals surface area (Å²) in [5, 5.41) is 11.3. The van der Waals surface area contributed by atoms with Gasteiger partial charge in [-0.3, -0.25) is 4.79 Å². The number of hydrogen-bond donors (Lipinski definition) is 3. The molecule has 86 valence electrons. The molecule has 16 heavy (non-hydrogen) atoms. The number of carboxylic acids is 1. The van der Waals surface area contributed by atoms with E-state index in [1.165, 1.54) is 30.0 Å². The second kappa shape index (κ2) is 5.41. The predicted octanol–water partition coefficient (Wildman–Crippen LogP) is 1.27. The van der Waals surface area contributed by atoms with Crippen molar-refractivity contribution in [3.05, 3.63) is 23.8 Å². The normalized spacial score (nSPS) is 9.81. The van der Waals surface area contributed by atoms with Gasteiger partial charge in [-0.2, -0.15) is 11.8 Å². The number of amides is 1. The molecule has 6 heteroatoms. The Balaban J connectivity index is 2.90. The molecule has 0 aliphatic carbocycles. The van der Waals surface area contributed by atoms with Gasteiger partial charge in [0.1, 0.15) is 0 Å². The molecule has 0 saturated heterocycles. The lowest BCUT2D eigenvalue weighted by Crippen LogP contribution is -2.15. The van der Waals surface area contributed by atoms with Crippen LogP contribution < -0.4 is 11.1 Å². The zero-order chi connectivity index (χ0) is 12.1. The molecule has 0 spiro atoms. The van der Waals surface area contributed by atoms with Crippen molar-refractivity contribution in [2.45, 2.75) is 0 Å². The van der Waals surface area contributed by atoms with Crippen LogP contribution in [0.15, 0.2) is 18.2 Å². The molecule has 0 atom stereocenters. The SMILES string of the molecule is CSCC(=O)Nc1cc(C(=O)O)ccc1N. The minimum Gasteiger partial charge on any atom is -0.478 e. The third-order valence-electron chi connectivity index (χ3n) is 1.85. The van der Waals surface area contributed by atoms with Gasteiger partial charge >= 0.3 is 5.97 Å². The van der Waals surface area contributed by atoms with E-state index in [0.717, 1.165) is 0 Å². The van der Waals surface area contributed by atoms with Gasteiger partial charge in [0.2, 0.25) is 5.91 Å². The van der Waals surface area contributed by atoms with Crippen molar-refractivity contribution in [3.8, 4) is 0 Å². The number of rotatable bonds is 4. The zero-order valence-corrected chi connectivity index (χ0v) is 9.50. The van der Waals surface area contributed by atoms with Crippen LogP contribution in [0.2, 0.25) is 0 Å². The van der Waals surface area contributed by atoms with Crippen molar-refractivity contribution in [1.29, 1.82) is 0 Å². The number of hydrogen-bond acceptors (Lipinski definition) is 4. The minimum atomic E-state index is -1.06. The molecule has 0 radical (unpaired) electrons. The van der Waals surface area contributed by atoms with Gasteiger partial charge in [0.15, 0.2) is 0 Å². The Labute approximate surface area is 97.0 Å². The largest absolute Gasteiger partial charge is 0.478 e. The van der Waals surface area contributed by atoms with Crippen molar-refractivity contribution in [2.75, 3.05) is 23.1 Å². The number of nitrogens with two attached hydrogens (primary N) is 1. The van der Waals surface area contributed by atoms with E-state index in [1.54, 1.807) is 6.26 Å². The summed E-state index contributed by atoms with van der Waals surface area (Å²) in [5.74, 6) is -0.960. The first-order valence-electron chi connectivity index (χ1n) is 4.46. The van der Waals surface area contributed by atoms with Crippen molar-refractivity contribution in [1.82, 2.24) is 0 Å². The first-order valence-corrected chi connectivity index (χ1v) is 5.85. The first kappa shape index (κ1) is 12.4. The standard InChI is InChI=1S/C10H12N2O3S/c1-16-5-9(13)12-8-4-6(10(14)15)2-3-7(8)11/h2-4H,5,11H2,1H3,(H,12,13)(H,14,15). The highest BCUT2D eigenvalue weighted by molar-refractivity contribution is 7.99. The predicted molar refractivity (Wildman–Crippen MR) is 64.8 cm³/mol. The highest BCUT2D eigenvalue weighted by Gasteiger charge is 2.08. The summed E-state index contributed by atoms with van der Waals surface area (Å²) in [6, 6.07) is 4.19. The van der Waals surface area contributed by atoms with E-state index < -0.39 is 5.97 Å². The van der Waals surface area contributed by atoms with Crippen LogP contribution in [0.1, 0.15) is 10.4 Å². The Bertz CT molecular complexity index is 421. The van der Waals surface area contributed by atoms with Gasteiger partial charge in [0, 0.05) is 0 Å². The van der Waals surface area contributed by atoms with Crippen LogP contribution in [-0.2, 0) is 4.79 Å². The lowest BCUT2D eigenvalue weighted by molar-refractivity contribution is -0.113. The first-order chi connectivity index (χ1) is 7.54. The number of carbonyl (C=O) groups excluding carboxylic acids is 1. The average Bonchev–Trinajstić information content (AvgIpc) is 2.21. The van der Waals surface area contributed by atoms with Crippen LogP contribution in [0.25, 0.3) is 0 Å². The van der Waals surface area contributed by atoms with Crippen LogP contribution in [0, 0.1) is 0 Å².